The van der Waals surface area contributed by atoms with Crippen molar-refractivity contribution < 1.29 is 14.3 Å². The van der Waals surface area contributed by atoms with Gasteiger partial charge in [0.2, 0.25) is 0 Å². The molecule has 0 bridgehead atoms. The Morgan fingerprint density at radius 3 is 2.89 bits per heavy atom. The van der Waals surface area contributed by atoms with Gasteiger partial charge in [-0.15, -0.1) is 11.3 Å². The van der Waals surface area contributed by atoms with Crippen molar-refractivity contribution in [3.63, 3.8) is 0 Å². The van der Waals surface area contributed by atoms with Gasteiger partial charge in [-0.25, -0.2) is 4.79 Å². The van der Waals surface area contributed by atoms with Gasteiger partial charge in [0.1, 0.15) is 17.6 Å². The summed E-state index contributed by atoms with van der Waals surface area (Å²) in [7, 11) is 0. The van der Waals surface area contributed by atoms with Crippen LogP contribution in [0.4, 0.5) is 4.79 Å². The summed E-state index contributed by atoms with van der Waals surface area (Å²) in [4.78, 5) is 12.6. The maximum atomic E-state index is 11.5. The Labute approximate surface area is 115 Å². The SMILES string of the molecule is Cc1ccc([C@@H](O)CNC(=O)NCc2cccs2)o1. The summed E-state index contributed by atoms with van der Waals surface area (Å²) in [6, 6.07) is 7.05. The third-order valence-electron chi connectivity index (χ3n) is 2.55. The van der Waals surface area contributed by atoms with Crippen molar-refractivity contribution in [3.05, 3.63) is 46.0 Å². The molecule has 0 aliphatic heterocycles. The zero-order valence-electron chi connectivity index (χ0n) is 10.6. The Morgan fingerprint density at radius 1 is 1.42 bits per heavy atom. The summed E-state index contributed by atoms with van der Waals surface area (Å²) in [6.45, 7) is 2.40. The van der Waals surface area contributed by atoms with Gasteiger partial charge in [-0.05, 0) is 30.5 Å². The molecule has 2 heterocycles. The predicted molar refractivity (Wildman–Crippen MR) is 73.0 cm³/mol. The molecule has 0 aliphatic rings. The van der Waals surface area contributed by atoms with Crippen LogP contribution in [0.15, 0.2) is 34.1 Å². The van der Waals surface area contributed by atoms with E-state index in [0.29, 0.717) is 12.3 Å². The Hall–Kier alpha value is -1.79. The molecule has 2 amide bonds. The first-order chi connectivity index (χ1) is 9.15. The predicted octanol–water partition coefficient (Wildman–Crippen LogP) is 2.18. The van der Waals surface area contributed by atoms with Gasteiger partial charge in [-0.1, -0.05) is 6.07 Å². The van der Waals surface area contributed by atoms with Crippen LogP contribution in [0.25, 0.3) is 0 Å². The second kappa shape index (κ2) is 6.40. The van der Waals surface area contributed by atoms with Gasteiger partial charge >= 0.3 is 6.03 Å². The number of hydrogen-bond donors (Lipinski definition) is 3. The van der Waals surface area contributed by atoms with E-state index in [1.54, 1.807) is 30.4 Å². The minimum absolute atomic E-state index is 0.114. The fraction of sp³-hybridized carbons (Fsp3) is 0.308. The molecular formula is C13H16N2O3S. The molecule has 0 radical (unpaired) electrons. The zero-order chi connectivity index (χ0) is 13.7. The lowest BCUT2D eigenvalue weighted by Crippen LogP contribution is -2.37. The molecule has 0 fully saturated rings. The lowest BCUT2D eigenvalue weighted by Gasteiger charge is -2.10. The molecule has 2 aromatic heterocycles. The minimum atomic E-state index is -0.832. The van der Waals surface area contributed by atoms with Crippen LogP contribution in [0.1, 0.15) is 22.5 Å². The quantitative estimate of drug-likeness (QED) is 0.786. The van der Waals surface area contributed by atoms with E-state index in [1.165, 1.54) is 0 Å². The minimum Gasteiger partial charge on any atom is -0.464 e. The summed E-state index contributed by atoms with van der Waals surface area (Å²) in [5.41, 5.74) is 0. The van der Waals surface area contributed by atoms with Crippen LogP contribution in [0.2, 0.25) is 0 Å². The van der Waals surface area contributed by atoms with Gasteiger partial charge in [0.05, 0.1) is 13.1 Å². The highest BCUT2D eigenvalue weighted by atomic mass is 32.1. The summed E-state index contributed by atoms with van der Waals surface area (Å²) in [5.74, 6) is 1.19. The van der Waals surface area contributed by atoms with Crippen molar-refractivity contribution in [2.24, 2.45) is 0 Å². The number of carbonyl (C=O) groups is 1. The van der Waals surface area contributed by atoms with Crippen LogP contribution < -0.4 is 10.6 Å². The zero-order valence-corrected chi connectivity index (χ0v) is 11.4. The van der Waals surface area contributed by atoms with Crippen LogP contribution in [0.3, 0.4) is 0 Å². The Bertz CT molecular complexity index is 522. The molecule has 0 saturated heterocycles. The molecule has 0 saturated carbocycles. The van der Waals surface area contributed by atoms with Gasteiger partial charge in [-0.3, -0.25) is 0 Å². The topological polar surface area (TPSA) is 74.5 Å². The largest absolute Gasteiger partial charge is 0.464 e. The van der Waals surface area contributed by atoms with Gasteiger partial charge in [-0.2, -0.15) is 0 Å². The molecular weight excluding hydrogens is 264 g/mol. The second-order valence-electron chi connectivity index (χ2n) is 4.11. The molecule has 0 unspecified atom stereocenters. The van der Waals surface area contributed by atoms with E-state index in [9.17, 15) is 9.90 Å². The number of carbonyl (C=O) groups excluding carboxylic acids is 1. The molecule has 0 aliphatic carbocycles. The molecule has 2 rings (SSSR count). The molecule has 102 valence electrons. The third kappa shape index (κ3) is 4.11. The summed E-state index contributed by atoms with van der Waals surface area (Å²) < 4.78 is 5.28. The number of urea groups is 1. The van der Waals surface area contributed by atoms with Gasteiger partial charge in [0.25, 0.3) is 0 Å². The number of aryl methyl sites for hydroxylation is 1. The number of hydrogen-bond acceptors (Lipinski definition) is 4. The normalized spacial score (nSPS) is 12.1. The van der Waals surface area contributed by atoms with E-state index < -0.39 is 6.10 Å². The maximum Gasteiger partial charge on any atom is 0.315 e. The van der Waals surface area contributed by atoms with Gasteiger partial charge in [0.15, 0.2) is 0 Å². The number of nitrogens with one attached hydrogen (secondary N) is 2. The highest BCUT2D eigenvalue weighted by molar-refractivity contribution is 7.09. The third-order valence-corrected chi connectivity index (χ3v) is 3.43. The Morgan fingerprint density at radius 2 is 2.26 bits per heavy atom. The van der Waals surface area contributed by atoms with Crippen LogP contribution >= 0.6 is 11.3 Å². The first kappa shape index (κ1) is 13.6. The number of aliphatic hydroxyl groups excluding tert-OH is 1. The fourth-order valence-corrected chi connectivity index (χ4v) is 2.21. The van der Waals surface area contributed by atoms with E-state index >= 15 is 0 Å². The van der Waals surface area contributed by atoms with Crippen molar-refractivity contribution in [2.45, 2.75) is 19.6 Å². The smallest absolute Gasteiger partial charge is 0.315 e. The van der Waals surface area contributed by atoms with Crippen molar-refractivity contribution in [1.29, 1.82) is 0 Å². The van der Waals surface area contributed by atoms with Crippen molar-refractivity contribution in [3.8, 4) is 0 Å². The van der Waals surface area contributed by atoms with E-state index in [2.05, 4.69) is 10.6 Å². The fourth-order valence-electron chi connectivity index (χ4n) is 1.57. The van der Waals surface area contributed by atoms with Gasteiger partial charge < -0.3 is 20.2 Å². The molecule has 5 nitrogen and oxygen atoms in total. The molecule has 1 atom stereocenters. The van der Waals surface area contributed by atoms with Crippen molar-refractivity contribution in [1.82, 2.24) is 10.6 Å². The molecule has 3 N–H and O–H groups in total. The van der Waals surface area contributed by atoms with Crippen molar-refractivity contribution >= 4 is 17.4 Å². The average molecular weight is 280 g/mol. The van der Waals surface area contributed by atoms with E-state index in [1.807, 2.05) is 17.5 Å². The number of thiophene rings is 1. The Kier molecular flexibility index (Phi) is 4.59. The number of aliphatic hydroxyl groups is 1. The maximum absolute atomic E-state index is 11.5. The van der Waals surface area contributed by atoms with Crippen molar-refractivity contribution in [2.75, 3.05) is 6.54 Å². The molecule has 0 spiro atoms. The molecule has 0 aromatic carbocycles. The number of furan rings is 1. The first-order valence-electron chi connectivity index (χ1n) is 5.93. The first-order valence-corrected chi connectivity index (χ1v) is 6.81. The highest BCUT2D eigenvalue weighted by Gasteiger charge is 2.12. The second-order valence-corrected chi connectivity index (χ2v) is 5.14. The molecule has 2 aromatic rings. The van der Waals surface area contributed by atoms with E-state index in [4.69, 9.17) is 4.42 Å². The summed E-state index contributed by atoms with van der Waals surface area (Å²) >= 11 is 1.58. The highest BCUT2D eigenvalue weighted by Crippen LogP contribution is 2.15. The Balaban J connectivity index is 1.71. The van der Waals surface area contributed by atoms with E-state index in [0.717, 1.165) is 10.6 Å². The van der Waals surface area contributed by atoms with Crippen LogP contribution in [-0.4, -0.2) is 17.7 Å². The lowest BCUT2D eigenvalue weighted by molar-refractivity contribution is 0.146. The lowest BCUT2D eigenvalue weighted by atomic mass is 10.3. The number of amides is 2. The van der Waals surface area contributed by atoms with Crippen LogP contribution in [0, 0.1) is 6.92 Å². The monoisotopic (exact) mass is 280 g/mol. The summed E-state index contributed by atoms with van der Waals surface area (Å²) in [6.07, 6.45) is -0.832. The standard InChI is InChI=1S/C13H16N2O3S/c1-9-4-5-12(18-9)11(16)8-15-13(17)14-7-10-3-2-6-19-10/h2-6,11,16H,7-8H2,1H3,(H2,14,15,17)/t11-/m0/s1. The number of rotatable bonds is 5. The summed E-state index contributed by atoms with van der Waals surface area (Å²) in [5, 5.41) is 17.1. The molecule has 19 heavy (non-hydrogen) atoms. The van der Waals surface area contributed by atoms with E-state index in [-0.39, 0.29) is 12.6 Å². The average Bonchev–Trinajstić information content (AvgIpc) is 3.04. The van der Waals surface area contributed by atoms with Crippen LogP contribution in [0.5, 0.6) is 0 Å². The molecule has 6 heteroatoms. The van der Waals surface area contributed by atoms with Crippen LogP contribution in [-0.2, 0) is 6.54 Å². The van der Waals surface area contributed by atoms with Gasteiger partial charge in [0, 0.05) is 4.88 Å².